The summed E-state index contributed by atoms with van der Waals surface area (Å²) in [5, 5.41) is 12.4. The number of esters is 1. The second-order valence-corrected chi connectivity index (χ2v) is 8.67. The number of phenolic OH excluding ortho intramolecular Hbond substituents is 1. The number of carbonyl (C=O) groups is 2. The highest BCUT2D eigenvalue weighted by molar-refractivity contribution is 7.89. The van der Waals surface area contributed by atoms with Crippen LogP contribution in [0.15, 0.2) is 47.4 Å². The number of aromatic hydroxyl groups is 1. The molecule has 0 spiro atoms. The van der Waals surface area contributed by atoms with Crippen LogP contribution < -0.4 is 5.32 Å². The number of nitrogens with one attached hydrogen (secondary N) is 1. The number of para-hydroxylation sites is 1. The first-order valence-electron chi connectivity index (χ1n) is 9.15. The Morgan fingerprint density at radius 3 is 2.41 bits per heavy atom. The number of aryl methyl sites for hydroxylation is 1. The number of nitrogens with zero attached hydrogens (tertiary/aromatic N) is 1. The third kappa shape index (κ3) is 4.75. The molecule has 2 N–H and O–H groups in total. The van der Waals surface area contributed by atoms with Gasteiger partial charge in [-0.2, -0.15) is 4.31 Å². The predicted octanol–water partition coefficient (Wildman–Crippen LogP) is 2.28. The van der Waals surface area contributed by atoms with Crippen molar-refractivity contribution in [2.45, 2.75) is 24.7 Å². The average Bonchev–Trinajstić information content (AvgIpc) is 3.24. The summed E-state index contributed by atoms with van der Waals surface area (Å²) in [7, 11) is -3.52. The third-order valence-electron chi connectivity index (χ3n) is 4.63. The Kier molecular flexibility index (Phi) is 6.19. The van der Waals surface area contributed by atoms with Gasteiger partial charge in [0.05, 0.1) is 4.90 Å². The molecule has 0 aromatic heterocycles. The van der Waals surface area contributed by atoms with Gasteiger partial charge in [0.1, 0.15) is 11.3 Å². The second kappa shape index (κ2) is 8.62. The molecular formula is C20H22N2O6S. The Bertz CT molecular complexity index is 1010. The Morgan fingerprint density at radius 2 is 1.76 bits per heavy atom. The van der Waals surface area contributed by atoms with Crippen LogP contribution in [0.2, 0.25) is 0 Å². The van der Waals surface area contributed by atoms with Crippen molar-refractivity contribution < 1.29 is 27.9 Å². The van der Waals surface area contributed by atoms with E-state index in [4.69, 9.17) is 4.74 Å². The summed E-state index contributed by atoms with van der Waals surface area (Å²) in [6.45, 7) is 2.14. The minimum Gasteiger partial charge on any atom is -0.507 e. The topological polar surface area (TPSA) is 113 Å². The number of hydrogen-bond acceptors (Lipinski definition) is 6. The zero-order valence-electron chi connectivity index (χ0n) is 15.9. The Balaban J connectivity index is 1.57. The van der Waals surface area contributed by atoms with E-state index in [1.807, 2.05) is 0 Å². The molecule has 154 valence electrons. The lowest BCUT2D eigenvalue weighted by Crippen LogP contribution is -2.27. The normalized spacial score (nSPS) is 14.5. The number of phenols is 1. The van der Waals surface area contributed by atoms with E-state index >= 15 is 0 Å². The van der Waals surface area contributed by atoms with Gasteiger partial charge < -0.3 is 15.2 Å². The van der Waals surface area contributed by atoms with Gasteiger partial charge >= 0.3 is 5.97 Å². The van der Waals surface area contributed by atoms with Crippen LogP contribution in [0.1, 0.15) is 28.8 Å². The zero-order valence-corrected chi connectivity index (χ0v) is 16.7. The molecule has 1 heterocycles. The maximum absolute atomic E-state index is 12.5. The number of amides is 1. The van der Waals surface area contributed by atoms with E-state index < -0.39 is 28.5 Å². The SMILES string of the molecule is Cc1cccc(C(=O)OCC(=O)Nc2ccc(S(=O)(=O)N3CCCC3)cc2)c1O. The van der Waals surface area contributed by atoms with Crippen LogP contribution in [-0.4, -0.2) is 49.4 Å². The van der Waals surface area contributed by atoms with Gasteiger partial charge in [0, 0.05) is 18.8 Å². The van der Waals surface area contributed by atoms with Crippen LogP contribution in [0.25, 0.3) is 0 Å². The second-order valence-electron chi connectivity index (χ2n) is 6.73. The molecule has 1 saturated heterocycles. The first kappa shape index (κ1) is 20.8. The highest BCUT2D eigenvalue weighted by atomic mass is 32.2. The van der Waals surface area contributed by atoms with Gasteiger partial charge in [0.15, 0.2) is 6.61 Å². The lowest BCUT2D eigenvalue weighted by Gasteiger charge is -2.15. The summed E-state index contributed by atoms with van der Waals surface area (Å²) >= 11 is 0. The van der Waals surface area contributed by atoms with Crippen molar-refractivity contribution in [2.75, 3.05) is 25.0 Å². The lowest BCUT2D eigenvalue weighted by atomic mass is 10.1. The van der Waals surface area contributed by atoms with Crippen LogP contribution >= 0.6 is 0 Å². The standard InChI is InChI=1S/C20H22N2O6S/c1-14-5-4-6-17(19(14)24)20(25)28-13-18(23)21-15-7-9-16(10-8-15)29(26,27)22-11-2-3-12-22/h4-10,24H,2-3,11-13H2,1H3,(H,21,23). The van der Waals surface area contributed by atoms with Crippen molar-refractivity contribution in [2.24, 2.45) is 0 Å². The van der Waals surface area contributed by atoms with Crippen LogP contribution in [0.3, 0.4) is 0 Å². The largest absolute Gasteiger partial charge is 0.507 e. The molecule has 0 radical (unpaired) electrons. The maximum atomic E-state index is 12.5. The summed E-state index contributed by atoms with van der Waals surface area (Å²) in [5.74, 6) is -1.58. The molecule has 0 bridgehead atoms. The maximum Gasteiger partial charge on any atom is 0.342 e. The van der Waals surface area contributed by atoms with Crippen molar-refractivity contribution in [3.63, 3.8) is 0 Å². The minimum absolute atomic E-state index is 0.0192. The van der Waals surface area contributed by atoms with Crippen LogP contribution in [0.4, 0.5) is 5.69 Å². The first-order valence-corrected chi connectivity index (χ1v) is 10.6. The molecule has 0 aliphatic carbocycles. The number of benzene rings is 2. The van der Waals surface area contributed by atoms with E-state index in [0.717, 1.165) is 12.8 Å². The van der Waals surface area contributed by atoms with Crippen molar-refractivity contribution in [1.29, 1.82) is 0 Å². The number of rotatable bonds is 6. The molecule has 0 atom stereocenters. The van der Waals surface area contributed by atoms with E-state index in [9.17, 15) is 23.1 Å². The van der Waals surface area contributed by atoms with Gasteiger partial charge in [-0.1, -0.05) is 12.1 Å². The highest BCUT2D eigenvalue weighted by Crippen LogP contribution is 2.23. The molecule has 2 aromatic carbocycles. The number of hydrogen-bond donors (Lipinski definition) is 2. The van der Waals surface area contributed by atoms with E-state index in [1.54, 1.807) is 19.1 Å². The van der Waals surface area contributed by atoms with E-state index in [2.05, 4.69) is 5.32 Å². The molecule has 2 aromatic rings. The van der Waals surface area contributed by atoms with Crippen molar-refractivity contribution in [3.8, 4) is 5.75 Å². The van der Waals surface area contributed by atoms with Gasteiger partial charge in [0.25, 0.3) is 5.91 Å². The average molecular weight is 418 g/mol. The van der Waals surface area contributed by atoms with Gasteiger partial charge in [-0.15, -0.1) is 0 Å². The van der Waals surface area contributed by atoms with E-state index in [-0.39, 0.29) is 16.2 Å². The van der Waals surface area contributed by atoms with Gasteiger partial charge in [-0.05, 0) is 55.7 Å². The minimum atomic E-state index is -3.52. The van der Waals surface area contributed by atoms with Crippen LogP contribution in [0, 0.1) is 6.92 Å². The fourth-order valence-electron chi connectivity index (χ4n) is 3.02. The smallest absolute Gasteiger partial charge is 0.342 e. The molecule has 9 heteroatoms. The molecule has 0 saturated carbocycles. The fraction of sp³-hybridized carbons (Fsp3) is 0.300. The number of anilines is 1. The van der Waals surface area contributed by atoms with E-state index in [1.165, 1.54) is 34.6 Å². The van der Waals surface area contributed by atoms with Gasteiger partial charge in [-0.3, -0.25) is 4.79 Å². The monoisotopic (exact) mass is 418 g/mol. The first-order chi connectivity index (χ1) is 13.8. The quantitative estimate of drug-likeness (QED) is 0.696. The summed E-state index contributed by atoms with van der Waals surface area (Å²) in [6, 6.07) is 10.5. The predicted molar refractivity (Wildman–Crippen MR) is 106 cm³/mol. The fourth-order valence-corrected chi connectivity index (χ4v) is 4.53. The Morgan fingerprint density at radius 1 is 1.10 bits per heavy atom. The highest BCUT2D eigenvalue weighted by Gasteiger charge is 2.27. The molecule has 0 unspecified atom stereocenters. The number of ether oxygens (including phenoxy) is 1. The zero-order chi connectivity index (χ0) is 21.0. The lowest BCUT2D eigenvalue weighted by molar-refractivity contribution is -0.119. The molecule has 3 rings (SSSR count). The molecular weight excluding hydrogens is 396 g/mol. The summed E-state index contributed by atoms with van der Waals surface area (Å²) in [5.41, 5.74) is 0.881. The molecule has 1 aliphatic heterocycles. The third-order valence-corrected chi connectivity index (χ3v) is 6.55. The summed E-state index contributed by atoms with van der Waals surface area (Å²) < 4.78 is 31.4. The molecule has 1 amide bonds. The van der Waals surface area contributed by atoms with Crippen LogP contribution in [0.5, 0.6) is 5.75 Å². The van der Waals surface area contributed by atoms with Gasteiger partial charge in [0.2, 0.25) is 10.0 Å². The van der Waals surface area contributed by atoms with E-state index in [0.29, 0.717) is 24.3 Å². The molecule has 29 heavy (non-hydrogen) atoms. The van der Waals surface area contributed by atoms with Crippen molar-refractivity contribution in [1.82, 2.24) is 4.31 Å². The molecule has 1 aliphatic rings. The Hall–Kier alpha value is -2.91. The van der Waals surface area contributed by atoms with Crippen LogP contribution in [-0.2, 0) is 19.6 Å². The molecule has 1 fully saturated rings. The summed E-state index contributed by atoms with van der Waals surface area (Å²) in [6.07, 6.45) is 1.71. The number of carbonyl (C=O) groups excluding carboxylic acids is 2. The van der Waals surface area contributed by atoms with Crippen molar-refractivity contribution >= 4 is 27.6 Å². The van der Waals surface area contributed by atoms with Crippen molar-refractivity contribution in [3.05, 3.63) is 53.6 Å². The Labute approximate surface area is 169 Å². The van der Waals surface area contributed by atoms with Gasteiger partial charge in [-0.25, -0.2) is 13.2 Å². The number of sulfonamides is 1. The summed E-state index contributed by atoms with van der Waals surface area (Å²) in [4.78, 5) is 24.2. The molecule has 8 nitrogen and oxygen atoms in total.